The van der Waals surface area contributed by atoms with E-state index in [0.717, 1.165) is 13.1 Å². The van der Waals surface area contributed by atoms with Crippen LogP contribution in [0.5, 0.6) is 0 Å². The highest BCUT2D eigenvalue weighted by atomic mass is 35.5. The number of benzene rings is 1. The van der Waals surface area contributed by atoms with Crippen LogP contribution in [0.1, 0.15) is 32.0 Å². The van der Waals surface area contributed by atoms with Crippen LogP contribution < -0.4 is 16.4 Å². The van der Waals surface area contributed by atoms with E-state index in [1.807, 2.05) is 0 Å². The van der Waals surface area contributed by atoms with E-state index in [4.69, 9.17) is 17.3 Å². The fraction of sp³-hybridized carbons (Fsp3) is 0.400. The monoisotopic (exact) mass is 560 g/mol. The summed E-state index contributed by atoms with van der Waals surface area (Å²) < 4.78 is 14.5. The lowest BCUT2D eigenvalue weighted by Crippen LogP contribution is -2.55. The van der Waals surface area contributed by atoms with Crippen molar-refractivity contribution in [2.75, 3.05) is 30.8 Å². The van der Waals surface area contributed by atoms with Crippen LogP contribution in [0.3, 0.4) is 0 Å². The Morgan fingerprint density at radius 2 is 2.03 bits per heavy atom. The van der Waals surface area contributed by atoms with Gasteiger partial charge in [0, 0.05) is 54.0 Å². The van der Waals surface area contributed by atoms with Crippen molar-refractivity contribution in [1.82, 2.24) is 30.4 Å². The molecule has 38 heavy (non-hydrogen) atoms. The molecule has 1 fully saturated rings. The maximum atomic E-state index is 14.5. The molecule has 0 bridgehead atoms. The number of piperazine rings is 1. The van der Waals surface area contributed by atoms with Crippen molar-refractivity contribution in [2.24, 2.45) is 5.73 Å². The normalized spacial score (nSPS) is 18.8. The van der Waals surface area contributed by atoms with Crippen LogP contribution in [-0.2, 0) is 4.79 Å². The minimum Gasteiger partial charge on any atom is -0.396 e. The van der Waals surface area contributed by atoms with Crippen LogP contribution in [0.2, 0.25) is 5.02 Å². The third kappa shape index (κ3) is 7.14. The smallest absolute Gasteiger partial charge is 0.219 e. The second-order valence-corrected chi connectivity index (χ2v) is 10.7. The summed E-state index contributed by atoms with van der Waals surface area (Å²) in [5, 5.41) is 25.3. The summed E-state index contributed by atoms with van der Waals surface area (Å²) in [7, 11) is 0. The average molecular weight is 561 g/mol. The molecule has 3 unspecified atom stereocenters. The van der Waals surface area contributed by atoms with Gasteiger partial charge in [-0.25, -0.2) is 14.4 Å². The van der Waals surface area contributed by atoms with Gasteiger partial charge in [-0.15, -0.1) is 22.0 Å². The number of hydrogen-bond donors (Lipinski definition) is 4. The van der Waals surface area contributed by atoms with Crippen LogP contribution >= 0.6 is 23.4 Å². The van der Waals surface area contributed by atoms with Crippen LogP contribution in [0, 0.1) is 5.82 Å². The van der Waals surface area contributed by atoms with Gasteiger partial charge in [0.2, 0.25) is 5.91 Å². The van der Waals surface area contributed by atoms with Crippen molar-refractivity contribution in [2.45, 2.75) is 43.4 Å². The van der Waals surface area contributed by atoms with Gasteiger partial charge in [0.05, 0.1) is 29.7 Å². The number of rotatable bonds is 10. The number of halogens is 2. The molecular formula is C25H30ClFN8O2S. The van der Waals surface area contributed by atoms with Crippen LogP contribution in [0.15, 0.2) is 41.7 Å². The number of nitrogens with two attached hydrogens (primary N) is 1. The molecule has 3 atom stereocenters. The largest absolute Gasteiger partial charge is 0.396 e. The predicted molar refractivity (Wildman–Crippen MR) is 146 cm³/mol. The number of aliphatic hydroxyl groups is 1. The molecule has 0 radical (unpaired) electrons. The topological polar surface area (TPSA) is 142 Å². The van der Waals surface area contributed by atoms with Crippen molar-refractivity contribution < 1.29 is 14.3 Å². The number of aromatic nitrogens is 4. The molecule has 1 aliphatic rings. The van der Waals surface area contributed by atoms with Gasteiger partial charge in [0.15, 0.2) is 0 Å². The fourth-order valence-electron chi connectivity index (χ4n) is 4.54. The highest BCUT2D eigenvalue weighted by Crippen LogP contribution is 2.33. The van der Waals surface area contributed by atoms with E-state index in [2.05, 4.69) is 49.5 Å². The van der Waals surface area contributed by atoms with Gasteiger partial charge in [-0.2, -0.15) is 0 Å². The molecule has 2 aromatic heterocycles. The predicted octanol–water partition coefficient (Wildman–Crippen LogP) is 3.15. The van der Waals surface area contributed by atoms with E-state index in [9.17, 15) is 14.3 Å². The third-order valence-electron chi connectivity index (χ3n) is 6.01. The van der Waals surface area contributed by atoms with E-state index >= 15 is 0 Å². The molecule has 1 aromatic carbocycles. The molecule has 5 N–H and O–H groups in total. The first-order valence-electron chi connectivity index (χ1n) is 12.2. The van der Waals surface area contributed by atoms with E-state index in [0.29, 0.717) is 33.0 Å². The number of nitrogens with one attached hydrogen (secondary N) is 2. The van der Waals surface area contributed by atoms with Gasteiger partial charge in [0.25, 0.3) is 0 Å². The molecule has 0 saturated carbocycles. The Kier molecular flexibility index (Phi) is 9.44. The summed E-state index contributed by atoms with van der Waals surface area (Å²) in [6.45, 7) is 5.61. The summed E-state index contributed by atoms with van der Waals surface area (Å²) in [4.78, 5) is 23.0. The van der Waals surface area contributed by atoms with Gasteiger partial charge in [-0.3, -0.25) is 9.69 Å². The summed E-state index contributed by atoms with van der Waals surface area (Å²) in [5.41, 5.74) is 7.27. The maximum absolute atomic E-state index is 14.5. The molecule has 3 heterocycles. The molecule has 4 rings (SSSR count). The number of primary amides is 1. The Bertz CT molecular complexity index is 1280. The minimum atomic E-state index is -0.483. The molecule has 1 aliphatic heterocycles. The van der Waals surface area contributed by atoms with E-state index < -0.39 is 11.7 Å². The Morgan fingerprint density at radius 3 is 2.74 bits per heavy atom. The first-order chi connectivity index (χ1) is 18.2. The molecule has 1 saturated heterocycles. The van der Waals surface area contributed by atoms with Crippen molar-refractivity contribution in [1.29, 1.82) is 0 Å². The van der Waals surface area contributed by atoms with E-state index in [1.165, 1.54) is 36.3 Å². The SMILES string of the molecule is CC1CN(C(CC(N)=O)c2cc(Nc3cc(-c4cc(Cl)ccc4F)nnc3SCCO)ncn2)CC(C)N1. The standard InChI is InChI=1S/C25H30ClFN8O2S/c1-14-11-35(12-15(2)31-14)22(10-23(28)37)20-9-24(30-13-29-20)32-21-8-19(33-34-25(21)38-6-5-36)17-7-16(26)3-4-18(17)27/h3-4,7-9,13-15,22,31,36H,5-6,10-12H2,1-2H3,(H2,28,37)(H,29,30,32,33). The summed E-state index contributed by atoms with van der Waals surface area (Å²) >= 11 is 7.37. The summed E-state index contributed by atoms with van der Waals surface area (Å²) in [5.74, 6) is -0.0553. The first-order valence-corrected chi connectivity index (χ1v) is 13.5. The third-order valence-corrected chi connectivity index (χ3v) is 7.20. The lowest BCUT2D eigenvalue weighted by Gasteiger charge is -2.40. The Labute approximate surface area is 229 Å². The lowest BCUT2D eigenvalue weighted by molar-refractivity contribution is -0.119. The maximum Gasteiger partial charge on any atom is 0.219 e. The quantitative estimate of drug-likeness (QED) is 0.273. The molecule has 3 aromatic rings. The molecule has 13 heteroatoms. The Hall–Kier alpha value is -2.90. The second-order valence-electron chi connectivity index (χ2n) is 9.21. The van der Waals surface area contributed by atoms with Gasteiger partial charge >= 0.3 is 0 Å². The highest BCUT2D eigenvalue weighted by Gasteiger charge is 2.30. The Balaban J connectivity index is 1.67. The second kappa shape index (κ2) is 12.8. The highest BCUT2D eigenvalue weighted by molar-refractivity contribution is 7.99. The van der Waals surface area contributed by atoms with Crippen molar-refractivity contribution in [3.63, 3.8) is 0 Å². The lowest BCUT2D eigenvalue weighted by atomic mass is 10.0. The summed E-state index contributed by atoms with van der Waals surface area (Å²) in [6.07, 6.45) is 1.54. The van der Waals surface area contributed by atoms with Crippen molar-refractivity contribution in [3.8, 4) is 11.3 Å². The molecule has 202 valence electrons. The number of hydrogen-bond acceptors (Lipinski definition) is 10. The zero-order valence-electron chi connectivity index (χ0n) is 21.1. The van der Waals surface area contributed by atoms with Crippen LogP contribution in [0.4, 0.5) is 15.9 Å². The Morgan fingerprint density at radius 1 is 1.26 bits per heavy atom. The summed E-state index contributed by atoms with van der Waals surface area (Å²) in [6, 6.07) is 7.81. The molecule has 1 amide bonds. The number of carbonyl (C=O) groups is 1. The number of amides is 1. The number of nitrogens with zero attached hydrogens (tertiary/aromatic N) is 5. The van der Waals surface area contributed by atoms with Gasteiger partial charge < -0.3 is 21.5 Å². The number of anilines is 2. The number of thioether (sulfide) groups is 1. The van der Waals surface area contributed by atoms with E-state index in [-0.39, 0.29) is 42.4 Å². The minimum absolute atomic E-state index is 0.0511. The number of carbonyl (C=O) groups excluding carboxylic acids is 1. The molecule has 0 spiro atoms. The van der Waals surface area contributed by atoms with Crippen molar-refractivity contribution in [3.05, 3.63) is 53.2 Å². The molecule has 10 nitrogen and oxygen atoms in total. The van der Waals surface area contributed by atoms with Crippen LogP contribution in [0.25, 0.3) is 11.3 Å². The van der Waals surface area contributed by atoms with Gasteiger partial charge in [-0.05, 0) is 38.1 Å². The molecular weight excluding hydrogens is 531 g/mol. The zero-order valence-corrected chi connectivity index (χ0v) is 22.6. The first kappa shape index (κ1) is 28.1. The molecule has 0 aliphatic carbocycles. The average Bonchev–Trinajstić information content (AvgIpc) is 2.87. The van der Waals surface area contributed by atoms with Crippen LogP contribution in [-0.4, -0.2) is 73.6 Å². The van der Waals surface area contributed by atoms with Gasteiger partial charge in [0.1, 0.15) is 23.0 Å². The van der Waals surface area contributed by atoms with E-state index in [1.54, 1.807) is 12.1 Å². The van der Waals surface area contributed by atoms with Crippen molar-refractivity contribution >= 4 is 40.8 Å². The number of aliphatic hydroxyl groups excluding tert-OH is 1. The zero-order chi connectivity index (χ0) is 27.2. The van der Waals surface area contributed by atoms with Gasteiger partial charge in [-0.1, -0.05) is 11.6 Å². The fourth-order valence-corrected chi connectivity index (χ4v) is 5.36.